The lowest BCUT2D eigenvalue weighted by atomic mass is 10.2. The third kappa shape index (κ3) is 6.45. The van der Waals surface area contributed by atoms with Gasteiger partial charge in [0.2, 0.25) is 0 Å². The lowest BCUT2D eigenvalue weighted by Gasteiger charge is -2.25. The highest BCUT2D eigenvalue weighted by Gasteiger charge is 2.20. The molecule has 0 bridgehead atoms. The van der Waals surface area contributed by atoms with Gasteiger partial charge in [0.05, 0.1) is 24.1 Å². The Balaban J connectivity index is 1.37. The first-order valence-electron chi connectivity index (χ1n) is 12.0. The van der Waals surface area contributed by atoms with Gasteiger partial charge in [0.25, 0.3) is 0 Å². The van der Waals surface area contributed by atoms with Gasteiger partial charge in [0, 0.05) is 24.5 Å². The molecule has 2 unspecified atom stereocenters. The lowest BCUT2D eigenvalue weighted by molar-refractivity contribution is -0.154. The molecule has 2 aromatic heterocycles. The molecule has 200 valence electrons. The number of aromatic nitrogens is 2. The van der Waals surface area contributed by atoms with E-state index in [1.165, 1.54) is 24.3 Å². The van der Waals surface area contributed by atoms with E-state index in [1.807, 2.05) is 12.1 Å². The van der Waals surface area contributed by atoms with Gasteiger partial charge in [0.15, 0.2) is 12.5 Å². The van der Waals surface area contributed by atoms with Gasteiger partial charge in [-0.25, -0.2) is 18.4 Å². The summed E-state index contributed by atoms with van der Waals surface area (Å²) in [5, 5.41) is 1.73. The van der Waals surface area contributed by atoms with Crippen LogP contribution in [0.3, 0.4) is 0 Å². The van der Waals surface area contributed by atoms with Crippen molar-refractivity contribution in [2.75, 3.05) is 28.2 Å². The molecule has 0 radical (unpaired) electrons. The van der Waals surface area contributed by atoms with Crippen LogP contribution in [0.15, 0.2) is 73.1 Å². The summed E-state index contributed by atoms with van der Waals surface area (Å²) < 4.78 is 42.1. The average Bonchev–Trinajstić information content (AvgIpc) is 3.45. The van der Waals surface area contributed by atoms with Crippen LogP contribution in [0.5, 0.6) is 0 Å². The number of likely N-dealkylation sites (N-methyl/N-ethyl adjacent to an activating group) is 2. The zero-order valence-electron chi connectivity index (χ0n) is 21.7. The Labute approximate surface area is 219 Å². The van der Waals surface area contributed by atoms with Gasteiger partial charge in [-0.05, 0) is 87.5 Å². The quantitative estimate of drug-likeness (QED) is 0.178. The number of rotatable bonds is 10. The van der Waals surface area contributed by atoms with Crippen molar-refractivity contribution in [2.24, 2.45) is 0 Å². The monoisotopic (exact) mass is 524 g/mol. The molecule has 0 aliphatic rings. The predicted octanol–water partition coefficient (Wildman–Crippen LogP) is 3.99. The number of carbonyl (C=O) groups is 2. The van der Waals surface area contributed by atoms with Crippen LogP contribution in [0.2, 0.25) is 0 Å². The van der Waals surface area contributed by atoms with Crippen LogP contribution < -0.4 is 0 Å². The van der Waals surface area contributed by atoms with Crippen molar-refractivity contribution in [1.82, 2.24) is 18.9 Å². The molecule has 2 heterocycles. The molecule has 4 rings (SSSR count). The first-order chi connectivity index (χ1) is 18.1. The molecule has 38 heavy (non-hydrogen) atoms. The van der Waals surface area contributed by atoms with E-state index in [0.717, 1.165) is 22.9 Å². The van der Waals surface area contributed by atoms with Crippen LogP contribution in [-0.4, -0.2) is 71.5 Å². The Kier molecular flexibility index (Phi) is 8.23. The zero-order valence-corrected chi connectivity index (χ0v) is 21.7. The minimum absolute atomic E-state index is 0.262. The van der Waals surface area contributed by atoms with E-state index in [1.54, 1.807) is 71.7 Å². The van der Waals surface area contributed by atoms with E-state index < -0.39 is 24.4 Å². The summed E-state index contributed by atoms with van der Waals surface area (Å²) in [7, 11) is 7.00. The van der Waals surface area contributed by atoms with Gasteiger partial charge in [0.1, 0.15) is 11.6 Å². The van der Waals surface area contributed by atoms with Gasteiger partial charge in [-0.2, -0.15) is 0 Å². The molecule has 4 aromatic rings. The van der Waals surface area contributed by atoms with Crippen LogP contribution in [0, 0.1) is 11.6 Å². The molecule has 0 aliphatic heterocycles. The van der Waals surface area contributed by atoms with Gasteiger partial charge in [-0.15, -0.1) is 0 Å². The maximum absolute atomic E-state index is 13.7. The second-order valence-electron chi connectivity index (χ2n) is 9.39. The highest BCUT2D eigenvalue weighted by atomic mass is 19.1. The molecule has 0 amide bonds. The fourth-order valence-corrected chi connectivity index (χ4v) is 4.06. The molecule has 0 saturated heterocycles. The molecule has 10 heteroatoms. The first-order valence-corrected chi connectivity index (χ1v) is 12.0. The van der Waals surface area contributed by atoms with Crippen molar-refractivity contribution in [3.05, 3.63) is 84.7 Å². The van der Waals surface area contributed by atoms with Crippen LogP contribution in [0.25, 0.3) is 21.8 Å². The van der Waals surface area contributed by atoms with Crippen molar-refractivity contribution in [2.45, 2.75) is 25.5 Å². The number of fused-ring (bicyclic) bond motifs is 2. The van der Waals surface area contributed by atoms with E-state index in [9.17, 15) is 18.4 Å². The summed E-state index contributed by atoms with van der Waals surface area (Å²) in [5.41, 5.74) is 1.36. The summed E-state index contributed by atoms with van der Waals surface area (Å²) in [5.74, 6) is -2.16. The Bertz CT molecular complexity index is 1360. The maximum Gasteiger partial charge on any atom is 0.332 e. The van der Waals surface area contributed by atoms with Crippen LogP contribution in [0.4, 0.5) is 8.78 Å². The number of hydrogen-bond donors (Lipinski definition) is 0. The molecule has 0 aliphatic carbocycles. The Morgan fingerprint density at radius 1 is 0.737 bits per heavy atom. The molecular formula is C28H30F2N4O4. The number of benzene rings is 2. The van der Waals surface area contributed by atoms with Crippen molar-refractivity contribution in [3.8, 4) is 0 Å². The zero-order chi connectivity index (χ0) is 27.4. The summed E-state index contributed by atoms with van der Waals surface area (Å²) in [6.07, 6.45) is 4.29. The van der Waals surface area contributed by atoms with Gasteiger partial charge >= 0.3 is 11.9 Å². The number of halogens is 2. The number of nitrogens with zero attached hydrogens (tertiary/aromatic N) is 4. The normalized spacial score (nSPS) is 13.6. The summed E-state index contributed by atoms with van der Waals surface area (Å²) >= 11 is 0. The molecule has 8 nitrogen and oxygen atoms in total. The minimum atomic E-state index is -0.725. The topological polar surface area (TPSA) is 68.9 Å². The molecular weight excluding hydrogens is 494 g/mol. The van der Waals surface area contributed by atoms with E-state index >= 15 is 0 Å². The lowest BCUT2D eigenvalue weighted by Crippen LogP contribution is -2.36. The van der Waals surface area contributed by atoms with Crippen molar-refractivity contribution in [3.63, 3.8) is 0 Å². The number of carbonyl (C=O) groups excluding carboxylic acids is 2. The molecule has 0 N–H and O–H groups in total. The van der Waals surface area contributed by atoms with Crippen molar-refractivity contribution >= 4 is 33.7 Å². The molecule has 0 spiro atoms. The third-order valence-electron chi connectivity index (χ3n) is 6.19. The Morgan fingerprint density at radius 3 is 1.50 bits per heavy atom. The predicted molar refractivity (Wildman–Crippen MR) is 140 cm³/mol. The number of esters is 2. The van der Waals surface area contributed by atoms with Gasteiger partial charge in [-0.3, -0.25) is 9.80 Å². The first kappa shape index (κ1) is 27.0. The number of ether oxygens (including phenoxy) is 2. The smallest absolute Gasteiger partial charge is 0.332 e. The van der Waals surface area contributed by atoms with Crippen molar-refractivity contribution < 1.29 is 27.8 Å². The molecule has 0 fully saturated rings. The minimum Gasteiger partial charge on any atom is -0.441 e. The second kappa shape index (κ2) is 11.6. The van der Waals surface area contributed by atoms with E-state index in [4.69, 9.17) is 9.47 Å². The van der Waals surface area contributed by atoms with Crippen LogP contribution >= 0.6 is 0 Å². The third-order valence-corrected chi connectivity index (χ3v) is 6.19. The summed E-state index contributed by atoms with van der Waals surface area (Å²) in [4.78, 5) is 28.4. The second-order valence-corrected chi connectivity index (χ2v) is 9.39. The summed E-state index contributed by atoms with van der Waals surface area (Å²) in [6.45, 7) is 0.524. The maximum atomic E-state index is 13.7. The van der Waals surface area contributed by atoms with Gasteiger partial charge < -0.3 is 18.6 Å². The van der Waals surface area contributed by atoms with Crippen LogP contribution in [0.1, 0.15) is 0 Å². The van der Waals surface area contributed by atoms with Gasteiger partial charge in [-0.1, -0.05) is 0 Å². The fraction of sp³-hybridized carbons (Fsp3) is 0.286. The summed E-state index contributed by atoms with van der Waals surface area (Å²) in [6, 6.07) is 12.7. The largest absolute Gasteiger partial charge is 0.441 e. The van der Waals surface area contributed by atoms with Crippen molar-refractivity contribution in [1.29, 1.82) is 0 Å². The molecule has 2 atom stereocenters. The fourth-order valence-electron chi connectivity index (χ4n) is 4.06. The highest BCUT2D eigenvalue weighted by molar-refractivity contribution is 5.91. The SMILES string of the molecule is CN(C)C(Cn1ccc2ccc(F)cc21)OC(=O)/C=C/C(=O)OC(Cn1ccc2ccc(F)cc21)N(C)C. The standard InChI is InChI=1S/C28H30F2N4O4/c1-31(2)25(17-33-13-11-19-5-7-21(29)15-23(19)33)37-27(35)9-10-28(36)38-26(32(3)4)18-34-14-12-20-6-8-22(30)16-24(20)34/h5-16,25-26H,17-18H2,1-4H3/b10-9+. The molecule has 0 saturated carbocycles. The van der Waals surface area contributed by atoms with E-state index in [0.29, 0.717) is 11.0 Å². The Hall–Kier alpha value is -4.02. The highest BCUT2D eigenvalue weighted by Crippen LogP contribution is 2.20. The van der Waals surface area contributed by atoms with E-state index in [2.05, 4.69) is 0 Å². The Morgan fingerprint density at radius 2 is 1.13 bits per heavy atom. The van der Waals surface area contributed by atoms with E-state index in [-0.39, 0.29) is 24.7 Å². The number of hydrogen-bond acceptors (Lipinski definition) is 6. The average molecular weight is 525 g/mol. The molecule has 2 aromatic carbocycles. The van der Waals surface area contributed by atoms with Crippen LogP contribution in [-0.2, 0) is 32.2 Å².